The maximum atomic E-state index is 13.0. The van der Waals surface area contributed by atoms with Gasteiger partial charge in [0.25, 0.3) is 5.95 Å². The number of nitrogens with zero attached hydrogens (tertiary/aromatic N) is 5. The first kappa shape index (κ1) is 20.4. The van der Waals surface area contributed by atoms with Crippen molar-refractivity contribution in [2.24, 2.45) is 0 Å². The molecular formula is C25H22N6O2. The molecule has 0 aliphatic carbocycles. The van der Waals surface area contributed by atoms with Gasteiger partial charge < -0.3 is 10.1 Å². The van der Waals surface area contributed by atoms with Gasteiger partial charge in [0.15, 0.2) is 0 Å². The molecule has 0 unspecified atom stereocenters. The monoisotopic (exact) mass is 438 g/mol. The van der Waals surface area contributed by atoms with Crippen LogP contribution >= 0.6 is 0 Å². The van der Waals surface area contributed by atoms with Crippen LogP contribution < -0.4 is 15.0 Å². The summed E-state index contributed by atoms with van der Waals surface area (Å²) in [4.78, 5) is 14.8. The van der Waals surface area contributed by atoms with Crippen molar-refractivity contribution in [2.45, 2.75) is 6.04 Å². The Labute approximate surface area is 191 Å². The molecule has 1 aliphatic rings. The quantitative estimate of drug-likeness (QED) is 0.493. The minimum absolute atomic E-state index is 0.0502. The van der Waals surface area contributed by atoms with Crippen molar-refractivity contribution in [1.29, 1.82) is 0 Å². The van der Waals surface area contributed by atoms with Crippen molar-refractivity contribution >= 4 is 23.2 Å². The predicted molar refractivity (Wildman–Crippen MR) is 126 cm³/mol. The fourth-order valence-electron chi connectivity index (χ4n) is 3.89. The van der Waals surface area contributed by atoms with Crippen LogP contribution in [0.25, 0.3) is 5.70 Å². The average Bonchev–Trinajstić information content (AvgIpc) is 3.36. The third-order valence-corrected chi connectivity index (χ3v) is 5.47. The van der Waals surface area contributed by atoms with Crippen LogP contribution in [0.5, 0.6) is 5.75 Å². The Hall–Kier alpha value is -4.46. The van der Waals surface area contributed by atoms with E-state index in [-0.39, 0.29) is 18.5 Å². The summed E-state index contributed by atoms with van der Waals surface area (Å²) in [7, 11) is 1.61. The summed E-state index contributed by atoms with van der Waals surface area (Å²) in [6.07, 6.45) is 2.09. The Morgan fingerprint density at radius 1 is 0.970 bits per heavy atom. The molecule has 1 aliphatic heterocycles. The minimum atomic E-state index is -0.188. The van der Waals surface area contributed by atoms with Crippen molar-refractivity contribution in [1.82, 2.24) is 20.2 Å². The molecule has 0 radical (unpaired) electrons. The second-order valence-electron chi connectivity index (χ2n) is 7.56. The van der Waals surface area contributed by atoms with Gasteiger partial charge in [0.2, 0.25) is 5.91 Å². The molecule has 2 heterocycles. The Morgan fingerprint density at radius 3 is 2.36 bits per heavy atom. The lowest BCUT2D eigenvalue weighted by molar-refractivity contribution is -0.114. The van der Waals surface area contributed by atoms with Gasteiger partial charge in [-0.2, -0.15) is 4.68 Å². The topological polar surface area (TPSA) is 85.2 Å². The zero-order valence-corrected chi connectivity index (χ0v) is 18.0. The minimum Gasteiger partial charge on any atom is -0.497 e. The molecule has 8 nitrogen and oxygen atoms in total. The predicted octanol–water partition coefficient (Wildman–Crippen LogP) is 3.77. The first-order valence-electron chi connectivity index (χ1n) is 10.5. The fourth-order valence-corrected chi connectivity index (χ4v) is 3.89. The number of methoxy groups -OCH3 is 1. The summed E-state index contributed by atoms with van der Waals surface area (Å²) >= 11 is 0. The number of tetrazole rings is 1. The van der Waals surface area contributed by atoms with Crippen LogP contribution in [0.1, 0.15) is 17.2 Å². The molecule has 0 saturated carbocycles. The normalized spacial score (nSPS) is 14.9. The fraction of sp³-hybridized carbons (Fsp3) is 0.120. The number of rotatable bonds is 6. The number of fused-ring (bicyclic) bond motifs is 1. The summed E-state index contributed by atoms with van der Waals surface area (Å²) < 4.78 is 6.92. The zero-order valence-electron chi connectivity index (χ0n) is 18.0. The van der Waals surface area contributed by atoms with Crippen molar-refractivity contribution < 1.29 is 9.53 Å². The second-order valence-corrected chi connectivity index (χ2v) is 7.56. The zero-order chi connectivity index (χ0) is 22.6. The lowest BCUT2D eigenvalue weighted by Gasteiger charge is -2.32. The van der Waals surface area contributed by atoms with E-state index in [2.05, 4.69) is 26.9 Å². The van der Waals surface area contributed by atoms with Gasteiger partial charge in [0.1, 0.15) is 18.3 Å². The standard InChI is InChI=1S/C25H22N6O2/c1-33-21-14-12-20(13-15-21)26-24(32)17-30-22(18-8-4-2-5-9-18)16-23(19-10-6-3-7-11-19)31-25(30)27-28-29-31/h2-16,23H,17H2,1H3,(H,26,32)/t23-/m0/s1. The maximum absolute atomic E-state index is 13.0. The van der Waals surface area contributed by atoms with E-state index >= 15 is 0 Å². The number of ether oxygens (including phenoxy) is 1. The molecule has 5 rings (SSSR count). The summed E-state index contributed by atoms with van der Waals surface area (Å²) in [6, 6.07) is 27.0. The third-order valence-electron chi connectivity index (χ3n) is 5.47. The largest absolute Gasteiger partial charge is 0.497 e. The van der Waals surface area contributed by atoms with Crippen LogP contribution in [-0.2, 0) is 4.79 Å². The molecule has 8 heteroatoms. The molecule has 0 spiro atoms. The molecule has 1 aromatic heterocycles. The number of hydrogen-bond donors (Lipinski definition) is 1. The van der Waals surface area contributed by atoms with Crippen LogP contribution in [0.2, 0.25) is 0 Å². The van der Waals surface area contributed by atoms with Gasteiger partial charge in [-0.05, 0) is 51.9 Å². The van der Waals surface area contributed by atoms with Crippen molar-refractivity contribution in [2.75, 3.05) is 23.9 Å². The Balaban J connectivity index is 1.49. The first-order chi connectivity index (χ1) is 16.2. The SMILES string of the molecule is COc1ccc(NC(=O)CN2C(c3ccccc3)=C[C@@H](c3ccccc3)n3nnnc32)cc1. The molecule has 164 valence electrons. The number of carbonyl (C=O) groups is 1. The highest BCUT2D eigenvalue weighted by Gasteiger charge is 2.31. The van der Waals surface area contributed by atoms with E-state index in [9.17, 15) is 4.79 Å². The Kier molecular flexibility index (Phi) is 5.55. The number of amides is 1. The molecule has 1 amide bonds. The van der Waals surface area contributed by atoms with E-state index in [1.165, 1.54) is 0 Å². The van der Waals surface area contributed by atoms with E-state index in [4.69, 9.17) is 4.74 Å². The number of carbonyl (C=O) groups excluding carboxylic acids is 1. The number of anilines is 2. The number of aromatic nitrogens is 4. The van der Waals surface area contributed by atoms with Crippen molar-refractivity contribution in [3.63, 3.8) is 0 Å². The third kappa shape index (κ3) is 4.18. The first-order valence-corrected chi connectivity index (χ1v) is 10.5. The van der Waals surface area contributed by atoms with Gasteiger partial charge >= 0.3 is 0 Å². The highest BCUT2D eigenvalue weighted by Crippen LogP contribution is 2.36. The molecule has 1 N–H and O–H groups in total. The number of benzene rings is 3. The van der Waals surface area contributed by atoms with E-state index in [1.807, 2.05) is 65.6 Å². The molecule has 3 aromatic carbocycles. The van der Waals surface area contributed by atoms with Crippen LogP contribution in [0.4, 0.5) is 11.6 Å². The van der Waals surface area contributed by atoms with E-state index in [0.29, 0.717) is 11.6 Å². The highest BCUT2D eigenvalue weighted by molar-refractivity contribution is 5.97. The summed E-state index contributed by atoms with van der Waals surface area (Å²) in [5.74, 6) is 1.05. The molecule has 0 fully saturated rings. The lowest BCUT2D eigenvalue weighted by atomic mass is 10.0. The summed E-state index contributed by atoms with van der Waals surface area (Å²) in [6.45, 7) is 0.0502. The molecule has 0 bridgehead atoms. The molecule has 0 saturated heterocycles. The van der Waals surface area contributed by atoms with Crippen LogP contribution in [0.15, 0.2) is 91.0 Å². The van der Waals surface area contributed by atoms with Gasteiger partial charge in [0.05, 0.1) is 12.8 Å². The lowest BCUT2D eigenvalue weighted by Crippen LogP contribution is -2.37. The Bertz CT molecular complexity index is 1270. The summed E-state index contributed by atoms with van der Waals surface area (Å²) in [5.41, 5.74) is 3.59. The van der Waals surface area contributed by atoms with E-state index in [0.717, 1.165) is 22.6 Å². The summed E-state index contributed by atoms with van der Waals surface area (Å²) in [5, 5.41) is 15.3. The Morgan fingerprint density at radius 2 is 1.67 bits per heavy atom. The molecule has 33 heavy (non-hydrogen) atoms. The number of nitrogens with one attached hydrogen (secondary N) is 1. The van der Waals surface area contributed by atoms with Gasteiger partial charge in [-0.3, -0.25) is 9.69 Å². The highest BCUT2D eigenvalue weighted by atomic mass is 16.5. The average molecular weight is 438 g/mol. The van der Waals surface area contributed by atoms with Crippen LogP contribution in [0.3, 0.4) is 0 Å². The van der Waals surface area contributed by atoms with E-state index < -0.39 is 0 Å². The smallest absolute Gasteiger partial charge is 0.251 e. The number of allylic oxidation sites excluding steroid dienone is 1. The van der Waals surface area contributed by atoms with Crippen molar-refractivity contribution in [3.05, 3.63) is 102 Å². The maximum Gasteiger partial charge on any atom is 0.251 e. The number of hydrogen-bond acceptors (Lipinski definition) is 6. The van der Waals surface area contributed by atoms with Gasteiger partial charge in [0, 0.05) is 5.69 Å². The van der Waals surface area contributed by atoms with Crippen molar-refractivity contribution in [3.8, 4) is 5.75 Å². The van der Waals surface area contributed by atoms with Gasteiger partial charge in [-0.25, -0.2) is 0 Å². The molecule has 4 aromatic rings. The van der Waals surface area contributed by atoms with Crippen LogP contribution in [-0.4, -0.2) is 39.8 Å². The van der Waals surface area contributed by atoms with Gasteiger partial charge in [-0.15, -0.1) is 0 Å². The van der Waals surface area contributed by atoms with Gasteiger partial charge in [-0.1, -0.05) is 65.8 Å². The van der Waals surface area contributed by atoms with E-state index in [1.54, 1.807) is 36.1 Å². The molecular weight excluding hydrogens is 416 g/mol. The van der Waals surface area contributed by atoms with Crippen LogP contribution in [0, 0.1) is 0 Å². The molecule has 1 atom stereocenters. The second kappa shape index (κ2) is 8.96.